The van der Waals surface area contributed by atoms with Crippen molar-refractivity contribution in [2.75, 3.05) is 25.4 Å². The summed E-state index contributed by atoms with van der Waals surface area (Å²) in [4.78, 5) is 20.8. The maximum atomic E-state index is 12.0. The number of ether oxygens (including phenoxy) is 1. The standard InChI is InChI=1S/C23H35N3O2S/c1-4-7-12-26-21-16-19(29-15-5-2)8-9-20(21)24-22(26)17-25-13-10-18(11-14-25)23(27)28-6-3/h8-9,16,18H,4-7,10-15,17H2,1-3H3. The van der Waals surface area contributed by atoms with Crippen LogP contribution in [-0.4, -0.2) is 45.9 Å². The molecule has 29 heavy (non-hydrogen) atoms. The van der Waals surface area contributed by atoms with E-state index in [0.29, 0.717) is 6.61 Å². The van der Waals surface area contributed by atoms with E-state index < -0.39 is 0 Å². The Balaban J connectivity index is 1.73. The van der Waals surface area contributed by atoms with E-state index >= 15 is 0 Å². The highest BCUT2D eigenvalue weighted by molar-refractivity contribution is 7.99. The fourth-order valence-electron chi connectivity index (χ4n) is 3.94. The summed E-state index contributed by atoms with van der Waals surface area (Å²) < 4.78 is 7.62. The lowest BCUT2D eigenvalue weighted by atomic mass is 9.97. The van der Waals surface area contributed by atoms with Crippen molar-refractivity contribution in [3.8, 4) is 0 Å². The van der Waals surface area contributed by atoms with Gasteiger partial charge in [-0.2, -0.15) is 0 Å². The Labute approximate surface area is 179 Å². The van der Waals surface area contributed by atoms with Crippen LogP contribution in [0.15, 0.2) is 23.1 Å². The van der Waals surface area contributed by atoms with E-state index in [2.05, 4.69) is 41.5 Å². The normalized spacial score (nSPS) is 15.8. The Morgan fingerprint density at radius 2 is 2.00 bits per heavy atom. The zero-order valence-corrected chi connectivity index (χ0v) is 19.0. The van der Waals surface area contributed by atoms with Crippen LogP contribution >= 0.6 is 11.8 Å². The number of carbonyl (C=O) groups is 1. The number of rotatable bonds is 10. The van der Waals surface area contributed by atoms with Gasteiger partial charge >= 0.3 is 5.97 Å². The van der Waals surface area contributed by atoms with Gasteiger partial charge in [0.2, 0.25) is 0 Å². The molecule has 5 nitrogen and oxygen atoms in total. The van der Waals surface area contributed by atoms with Crippen LogP contribution in [0, 0.1) is 5.92 Å². The highest BCUT2D eigenvalue weighted by Gasteiger charge is 2.26. The summed E-state index contributed by atoms with van der Waals surface area (Å²) in [6.07, 6.45) is 5.28. The van der Waals surface area contributed by atoms with E-state index in [-0.39, 0.29) is 11.9 Å². The monoisotopic (exact) mass is 417 g/mol. The van der Waals surface area contributed by atoms with Crippen molar-refractivity contribution in [1.82, 2.24) is 14.5 Å². The Bertz CT molecular complexity index is 797. The minimum atomic E-state index is -0.0283. The predicted molar refractivity (Wildman–Crippen MR) is 120 cm³/mol. The number of aromatic nitrogens is 2. The molecule has 2 heterocycles. The number of benzene rings is 1. The molecule has 0 amide bonds. The summed E-state index contributed by atoms with van der Waals surface area (Å²) >= 11 is 1.92. The molecule has 0 unspecified atom stereocenters. The summed E-state index contributed by atoms with van der Waals surface area (Å²) in [5, 5.41) is 0. The maximum Gasteiger partial charge on any atom is 0.309 e. The van der Waals surface area contributed by atoms with Crippen molar-refractivity contribution in [1.29, 1.82) is 0 Å². The first-order chi connectivity index (χ1) is 14.2. The smallest absolute Gasteiger partial charge is 0.309 e. The SMILES string of the molecule is CCCCn1c(CN2CCC(C(=O)OCC)CC2)nc2ccc(SCCC)cc21. The first kappa shape index (κ1) is 22.2. The molecule has 0 aliphatic carbocycles. The molecule has 6 heteroatoms. The molecule has 0 spiro atoms. The van der Waals surface area contributed by atoms with Gasteiger partial charge < -0.3 is 9.30 Å². The molecule has 1 aromatic heterocycles. The third-order valence-electron chi connectivity index (χ3n) is 5.58. The Hall–Kier alpha value is -1.53. The van der Waals surface area contributed by atoms with Gasteiger partial charge in [-0.15, -0.1) is 11.8 Å². The number of hydrogen-bond donors (Lipinski definition) is 0. The third kappa shape index (κ3) is 5.76. The van der Waals surface area contributed by atoms with Gasteiger partial charge in [-0.1, -0.05) is 20.3 Å². The fraction of sp³-hybridized carbons (Fsp3) is 0.652. The van der Waals surface area contributed by atoms with Crippen LogP contribution in [-0.2, 0) is 22.6 Å². The van der Waals surface area contributed by atoms with Gasteiger partial charge in [0.15, 0.2) is 0 Å². The van der Waals surface area contributed by atoms with E-state index in [1.807, 2.05) is 18.7 Å². The fourth-order valence-corrected chi connectivity index (χ4v) is 4.73. The van der Waals surface area contributed by atoms with Gasteiger partial charge in [-0.3, -0.25) is 9.69 Å². The summed E-state index contributed by atoms with van der Waals surface area (Å²) in [5.41, 5.74) is 2.36. The second kappa shape index (κ2) is 11.0. The zero-order chi connectivity index (χ0) is 20.6. The number of piperidine rings is 1. The number of aryl methyl sites for hydroxylation is 1. The molecule has 1 aliphatic rings. The average Bonchev–Trinajstić information content (AvgIpc) is 3.07. The number of esters is 1. The van der Waals surface area contributed by atoms with E-state index in [9.17, 15) is 4.79 Å². The molecule has 0 N–H and O–H groups in total. The van der Waals surface area contributed by atoms with Crippen molar-refractivity contribution in [3.63, 3.8) is 0 Å². The number of carbonyl (C=O) groups excluding carboxylic acids is 1. The molecule has 1 aromatic carbocycles. The van der Waals surface area contributed by atoms with Gasteiger partial charge in [0.25, 0.3) is 0 Å². The summed E-state index contributed by atoms with van der Waals surface area (Å²) in [7, 11) is 0. The van der Waals surface area contributed by atoms with E-state index in [1.165, 1.54) is 23.3 Å². The van der Waals surface area contributed by atoms with Crippen LogP contribution in [0.25, 0.3) is 11.0 Å². The summed E-state index contributed by atoms with van der Waals surface area (Å²) in [6, 6.07) is 6.69. The zero-order valence-electron chi connectivity index (χ0n) is 18.2. The minimum Gasteiger partial charge on any atom is -0.466 e. The average molecular weight is 418 g/mol. The number of unbranched alkanes of at least 4 members (excludes halogenated alkanes) is 1. The van der Waals surface area contributed by atoms with Crippen LogP contribution in [0.2, 0.25) is 0 Å². The number of likely N-dealkylation sites (tertiary alicyclic amines) is 1. The molecule has 0 radical (unpaired) electrons. The first-order valence-electron chi connectivity index (χ1n) is 11.2. The van der Waals surface area contributed by atoms with Crippen LogP contribution in [0.3, 0.4) is 0 Å². The van der Waals surface area contributed by atoms with Gasteiger partial charge in [0.05, 0.1) is 30.1 Å². The van der Waals surface area contributed by atoms with E-state index in [1.54, 1.807) is 0 Å². The van der Waals surface area contributed by atoms with Crippen LogP contribution in [0.5, 0.6) is 0 Å². The van der Waals surface area contributed by atoms with Crippen molar-refractivity contribution < 1.29 is 9.53 Å². The van der Waals surface area contributed by atoms with Gasteiger partial charge in [0, 0.05) is 11.4 Å². The molecule has 3 rings (SSSR count). The van der Waals surface area contributed by atoms with Crippen LogP contribution in [0.1, 0.15) is 58.7 Å². The lowest BCUT2D eigenvalue weighted by molar-refractivity contribution is -0.149. The third-order valence-corrected chi connectivity index (χ3v) is 6.78. The highest BCUT2D eigenvalue weighted by atomic mass is 32.2. The second-order valence-corrected chi connectivity index (χ2v) is 9.00. The van der Waals surface area contributed by atoms with Crippen molar-refractivity contribution in [2.24, 2.45) is 5.92 Å². The maximum absolute atomic E-state index is 12.0. The van der Waals surface area contributed by atoms with Gasteiger partial charge in [-0.05, 0) is 69.6 Å². The first-order valence-corrected chi connectivity index (χ1v) is 12.2. The summed E-state index contributed by atoms with van der Waals surface area (Å²) in [5.74, 6) is 2.33. The van der Waals surface area contributed by atoms with Gasteiger partial charge in [-0.25, -0.2) is 4.98 Å². The molecule has 0 saturated carbocycles. The molecule has 160 valence electrons. The largest absolute Gasteiger partial charge is 0.466 e. The number of imidazole rings is 1. The summed E-state index contributed by atoms with van der Waals surface area (Å²) in [6.45, 7) is 10.5. The lowest BCUT2D eigenvalue weighted by Crippen LogP contribution is -2.37. The highest BCUT2D eigenvalue weighted by Crippen LogP contribution is 2.27. The quantitative estimate of drug-likeness (QED) is 0.397. The minimum absolute atomic E-state index is 0.0283. The topological polar surface area (TPSA) is 47.4 Å². The molecular weight excluding hydrogens is 382 g/mol. The van der Waals surface area contributed by atoms with Crippen molar-refractivity contribution in [2.45, 2.75) is 70.9 Å². The number of nitrogens with zero attached hydrogens (tertiary/aromatic N) is 3. The molecule has 1 fully saturated rings. The molecular formula is C23H35N3O2S. The van der Waals surface area contributed by atoms with Crippen molar-refractivity contribution >= 4 is 28.8 Å². The van der Waals surface area contributed by atoms with Crippen LogP contribution < -0.4 is 0 Å². The molecule has 1 saturated heterocycles. The second-order valence-electron chi connectivity index (χ2n) is 7.83. The van der Waals surface area contributed by atoms with Gasteiger partial charge in [0.1, 0.15) is 5.82 Å². The van der Waals surface area contributed by atoms with E-state index in [4.69, 9.17) is 9.72 Å². The van der Waals surface area contributed by atoms with E-state index in [0.717, 1.165) is 62.5 Å². The molecule has 2 aromatic rings. The molecule has 1 aliphatic heterocycles. The Kier molecular flexibility index (Phi) is 8.42. The van der Waals surface area contributed by atoms with Crippen LogP contribution in [0.4, 0.5) is 0 Å². The molecule has 0 bridgehead atoms. The predicted octanol–water partition coefficient (Wildman–Crippen LogP) is 5.11. The molecule has 0 atom stereocenters. The number of thioether (sulfide) groups is 1. The lowest BCUT2D eigenvalue weighted by Gasteiger charge is -2.30. The Morgan fingerprint density at radius 1 is 1.21 bits per heavy atom. The van der Waals surface area contributed by atoms with Crippen molar-refractivity contribution in [3.05, 3.63) is 24.0 Å². The number of hydrogen-bond acceptors (Lipinski definition) is 5. The Morgan fingerprint density at radius 3 is 2.69 bits per heavy atom. The number of fused-ring (bicyclic) bond motifs is 1.